The molecule has 134 valence electrons. The van der Waals surface area contributed by atoms with Crippen LogP contribution in [0.2, 0.25) is 0 Å². The molecule has 1 heterocycles. The summed E-state index contributed by atoms with van der Waals surface area (Å²) in [4.78, 5) is 4.65. The highest BCUT2D eigenvalue weighted by Gasteiger charge is 2.28. The van der Waals surface area contributed by atoms with Crippen molar-refractivity contribution in [2.24, 2.45) is 7.05 Å². The fourth-order valence-corrected chi connectivity index (χ4v) is 3.80. The van der Waals surface area contributed by atoms with Gasteiger partial charge in [-0.25, -0.2) is 4.57 Å². The summed E-state index contributed by atoms with van der Waals surface area (Å²) in [5, 5.41) is 0. The minimum absolute atomic E-state index is 0.189. The number of aromatic nitrogens is 2. The Kier molecular flexibility index (Phi) is 5.51. The van der Waals surface area contributed by atoms with E-state index in [1.807, 2.05) is 12.4 Å². The first kappa shape index (κ1) is 18.3. The molecule has 2 aromatic carbocycles. The zero-order valence-electron chi connectivity index (χ0n) is 16.4. The van der Waals surface area contributed by atoms with Gasteiger partial charge in [0, 0.05) is 17.2 Å². The second kappa shape index (κ2) is 7.82. The SMILES string of the molecule is CCCC(C)(CC)c1ccccc1-c1cc(-c2ccccc2)nc[n+]1C. The van der Waals surface area contributed by atoms with Crippen molar-refractivity contribution in [3.05, 3.63) is 72.6 Å². The Morgan fingerprint density at radius 2 is 1.65 bits per heavy atom. The lowest BCUT2D eigenvalue weighted by Crippen LogP contribution is -2.33. The van der Waals surface area contributed by atoms with Crippen LogP contribution in [-0.2, 0) is 12.5 Å². The third-order valence-corrected chi connectivity index (χ3v) is 5.53. The lowest BCUT2D eigenvalue weighted by molar-refractivity contribution is -0.663. The molecule has 1 aromatic heterocycles. The van der Waals surface area contributed by atoms with Crippen LogP contribution in [0, 0.1) is 0 Å². The molecule has 1 unspecified atom stereocenters. The Balaban J connectivity index is 2.16. The van der Waals surface area contributed by atoms with E-state index in [1.165, 1.54) is 29.7 Å². The van der Waals surface area contributed by atoms with E-state index in [0.29, 0.717) is 0 Å². The molecule has 0 spiro atoms. The summed E-state index contributed by atoms with van der Waals surface area (Å²) in [6.07, 6.45) is 5.45. The van der Waals surface area contributed by atoms with Gasteiger partial charge in [0.05, 0.1) is 7.05 Å². The van der Waals surface area contributed by atoms with Crippen molar-refractivity contribution in [1.82, 2.24) is 4.98 Å². The van der Waals surface area contributed by atoms with Crippen molar-refractivity contribution in [3.8, 4) is 22.5 Å². The van der Waals surface area contributed by atoms with Crippen LogP contribution in [0.3, 0.4) is 0 Å². The maximum Gasteiger partial charge on any atom is 0.287 e. The van der Waals surface area contributed by atoms with Crippen molar-refractivity contribution in [1.29, 1.82) is 0 Å². The van der Waals surface area contributed by atoms with E-state index < -0.39 is 0 Å². The number of hydrogen-bond acceptors (Lipinski definition) is 1. The highest BCUT2D eigenvalue weighted by molar-refractivity contribution is 5.68. The fourth-order valence-electron chi connectivity index (χ4n) is 3.80. The Bertz CT molecular complexity index is 870. The van der Waals surface area contributed by atoms with Gasteiger partial charge in [-0.1, -0.05) is 81.8 Å². The van der Waals surface area contributed by atoms with E-state index in [1.54, 1.807) is 0 Å². The number of rotatable bonds is 6. The second-order valence-electron chi connectivity index (χ2n) is 7.35. The third-order valence-electron chi connectivity index (χ3n) is 5.53. The molecule has 0 N–H and O–H groups in total. The van der Waals surface area contributed by atoms with E-state index in [4.69, 9.17) is 0 Å². The van der Waals surface area contributed by atoms with Crippen molar-refractivity contribution < 1.29 is 4.57 Å². The summed E-state index contributed by atoms with van der Waals surface area (Å²) in [5.41, 5.74) is 6.32. The average molecular weight is 346 g/mol. The van der Waals surface area contributed by atoms with Gasteiger partial charge in [-0.15, -0.1) is 0 Å². The predicted molar refractivity (Wildman–Crippen MR) is 109 cm³/mol. The van der Waals surface area contributed by atoms with E-state index >= 15 is 0 Å². The van der Waals surface area contributed by atoms with Gasteiger partial charge in [0.15, 0.2) is 5.69 Å². The number of hydrogen-bond donors (Lipinski definition) is 0. The van der Waals surface area contributed by atoms with Crippen LogP contribution in [0.15, 0.2) is 67.0 Å². The van der Waals surface area contributed by atoms with E-state index in [9.17, 15) is 0 Å². The topological polar surface area (TPSA) is 16.8 Å². The number of benzene rings is 2. The van der Waals surface area contributed by atoms with Gasteiger partial charge in [0.25, 0.3) is 6.33 Å². The highest BCUT2D eigenvalue weighted by atomic mass is 15.0. The monoisotopic (exact) mass is 345 g/mol. The molecule has 2 nitrogen and oxygen atoms in total. The van der Waals surface area contributed by atoms with Crippen LogP contribution < -0.4 is 4.57 Å². The minimum Gasteiger partial charge on any atom is -0.232 e. The van der Waals surface area contributed by atoms with Crippen LogP contribution >= 0.6 is 0 Å². The van der Waals surface area contributed by atoms with Crippen molar-refractivity contribution in [2.75, 3.05) is 0 Å². The zero-order chi connectivity index (χ0) is 18.6. The molecule has 0 radical (unpaired) electrons. The Morgan fingerprint density at radius 1 is 0.962 bits per heavy atom. The van der Waals surface area contributed by atoms with Crippen LogP contribution in [0.4, 0.5) is 0 Å². The molecule has 0 amide bonds. The largest absolute Gasteiger partial charge is 0.287 e. The minimum atomic E-state index is 0.189. The number of aryl methyl sites for hydroxylation is 1. The van der Waals surface area contributed by atoms with Gasteiger partial charge >= 0.3 is 0 Å². The molecule has 2 heteroatoms. The average Bonchev–Trinajstić information content (AvgIpc) is 2.69. The Labute approximate surface area is 157 Å². The molecule has 0 aliphatic rings. The molecule has 0 saturated carbocycles. The van der Waals surface area contributed by atoms with Gasteiger partial charge in [0.2, 0.25) is 0 Å². The summed E-state index contributed by atoms with van der Waals surface area (Å²) in [7, 11) is 2.08. The van der Waals surface area contributed by atoms with E-state index in [0.717, 1.165) is 17.7 Å². The predicted octanol–water partition coefficient (Wildman–Crippen LogP) is 5.71. The molecular weight excluding hydrogens is 316 g/mol. The second-order valence-corrected chi connectivity index (χ2v) is 7.35. The molecule has 3 aromatic rings. The van der Waals surface area contributed by atoms with Gasteiger partial charge in [0.1, 0.15) is 5.69 Å². The maximum atomic E-state index is 4.65. The van der Waals surface area contributed by atoms with Crippen LogP contribution in [0.1, 0.15) is 45.6 Å². The number of nitrogens with zero attached hydrogens (tertiary/aromatic N) is 2. The molecule has 0 saturated heterocycles. The van der Waals surface area contributed by atoms with Crippen LogP contribution in [0.25, 0.3) is 22.5 Å². The smallest absolute Gasteiger partial charge is 0.232 e. The third kappa shape index (κ3) is 3.55. The Hall–Kier alpha value is -2.48. The zero-order valence-corrected chi connectivity index (χ0v) is 16.4. The molecule has 26 heavy (non-hydrogen) atoms. The molecule has 0 fully saturated rings. The van der Waals surface area contributed by atoms with Gasteiger partial charge in [-0.05, 0) is 28.8 Å². The summed E-state index contributed by atoms with van der Waals surface area (Å²) in [6.45, 7) is 6.97. The van der Waals surface area contributed by atoms with Crippen molar-refractivity contribution in [3.63, 3.8) is 0 Å². The summed E-state index contributed by atoms with van der Waals surface area (Å²) < 4.78 is 2.13. The Morgan fingerprint density at radius 3 is 2.35 bits per heavy atom. The molecule has 1 atom stereocenters. The van der Waals surface area contributed by atoms with Crippen molar-refractivity contribution >= 4 is 0 Å². The quantitative estimate of drug-likeness (QED) is 0.523. The first-order chi connectivity index (χ1) is 12.6. The summed E-state index contributed by atoms with van der Waals surface area (Å²) in [6, 6.07) is 21.5. The van der Waals surface area contributed by atoms with Crippen LogP contribution in [-0.4, -0.2) is 4.98 Å². The normalized spacial score (nSPS) is 13.4. The lowest BCUT2D eigenvalue weighted by Gasteiger charge is -2.30. The molecule has 0 bridgehead atoms. The molecule has 0 aliphatic heterocycles. The van der Waals surface area contributed by atoms with E-state index in [2.05, 4.69) is 92.0 Å². The van der Waals surface area contributed by atoms with Gasteiger partial charge < -0.3 is 0 Å². The first-order valence-electron chi connectivity index (χ1n) is 9.60. The van der Waals surface area contributed by atoms with Crippen molar-refractivity contribution in [2.45, 2.75) is 45.4 Å². The van der Waals surface area contributed by atoms with Gasteiger partial charge in [-0.3, -0.25) is 0 Å². The van der Waals surface area contributed by atoms with Gasteiger partial charge in [-0.2, -0.15) is 0 Å². The molecule has 0 aliphatic carbocycles. The first-order valence-corrected chi connectivity index (χ1v) is 9.60. The highest BCUT2D eigenvalue weighted by Crippen LogP contribution is 2.38. The maximum absolute atomic E-state index is 4.65. The van der Waals surface area contributed by atoms with Crippen LogP contribution in [0.5, 0.6) is 0 Å². The summed E-state index contributed by atoms with van der Waals surface area (Å²) >= 11 is 0. The summed E-state index contributed by atoms with van der Waals surface area (Å²) in [5.74, 6) is 0. The molecule has 3 rings (SSSR count). The van der Waals surface area contributed by atoms with E-state index in [-0.39, 0.29) is 5.41 Å². The standard InChI is InChI=1S/C24H29N2/c1-5-16-24(3,6-2)21-15-11-10-14-20(21)23-17-22(25-18-26(23)4)19-12-8-7-9-13-19/h7-15,17-18H,5-6,16H2,1-4H3/q+1. The lowest BCUT2D eigenvalue weighted by atomic mass is 9.74. The fraction of sp³-hybridized carbons (Fsp3) is 0.333. The molecular formula is C24H29N2+.